The SMILES string of the molecule is N#Cc1cnn2cc(-c3cn[nH]c3)cc(Sc3cccc(N)n3)c12. The van der Waals surface area contributed by atoms with E-state index in [1.165, 1.54) is 11.8 Å². The number of nitriles is 1. The van der Waals surface area contributed by atoms with Crippen LogP contribution in [0.2, 0.25) is 0 Å². The maximum Gasteiger partial charge on any atom is 0.124 e. The first-order chi connectivity index (χ1) is 11.7. The van der Waals surface area contributed by atoms with Gasteiger partial charge in [-0.2, -0.15) is 15.5 Å². The van der Waals surface area contributed by atoms with Crippen LogP contribution in [0, 0.1) is 11.3 Å². The highest BCUT2D eigenvalue weighted by molar-refractivity contribution is 7.99. The van der Waals surface area contributed by atoms with Crippen molar-refractivity contribution in [1.82, 2.24) is 24.8 Å². The summed E-state index contributed by atoms with van der Waals surface area (Å²) in [6, 6.07) is 9.65. The van der Waals surface area contributed by atoms with Crippen LogP contribution in [-0.2, 0) is 0 Å². The number of anilines is 1. The summed E-state index contributed by atoms with van der Waals surface area (Å²) in [6.07, 6.45) is 6.98. The van der Waals surface area contributed by atoms with Crippen molar-refractivity contribution >= 4 is 23.1 Å². The van der Waals surface area contributed by atoms with Gasteiger partial charge in [0.2, 0.25) is 0 Å². The van der Waals surface area contributed by atoms with E-state index in [0.717, 1.165) is 26.6 Å². The third-order valence-corrected chi connectivity index (χ3v) is 4.46. The molecule has 3 N–H and O–H groups in total. The van der Waals surface area contributed by atoms with Gasteiger partial charge in [0.25, 0.3) is 0 Å². The molecule has 0 fully saturated rings. The number of aromatic amines is 1. The van der Waals surface area contributed by atoms with Crippen molar-refractivity contribution in [2.75, 3.05) is 5.73 Å². The van der Waals surface area contributed by atoms with Crippen LogP contribution < -0.4 is 5.73 Å². The molecule has 0 amide bonds. The number of pyridine rings is 2. The largest absolute Gasteiger partial charge is 0.384 e. The average molecular weight is 333 g/mol. The Morgan fingerprint density at radius 2 is 2.17 bits per heavy atom. The lowest BCUT2D eigenvalue weighted by atomic mass is 10.1. The van der Waals surface area contributed by atoms with Gasteiger partial charge in [0, 0.05) is 28.4 Å². The van der Waals surface area contributed by atoms with Gasteiger partial charge < -0.3 is 5.73 Å². The highest BCUT2D eigenvalue weighted by Crippen LogP contribution is 2.34. The van der Waals surface area contributed by atoms with E-state index in [9.17, 15) is 5.26 Å². The van der Waals surface area contributed by atoms with Crippen molar-refractivity contribution in [1.29, 1.82) is 5.26 Å². The molecule has 116 valence electrons. The zero-order valence-corrected chi connectivity index (χ0v) is 13.2. The normalized spacial score (nSPS) is 10.8. The first kappa shape index (κ1) is 14.3. The molecule has 0 aliphatic rings. The van der Waals surface area contributed by atoms with E-state index in [2.05, 4.69) is 26.3 Å². The molecular formula is C16H11N7S. The van der Waals surface area contributed by atoms with Gasteiger partial charge in [-0.3, -0.25) is 5.10 Å². The van der Waals surface area contributed by atoms with E-state index in [0.29, 0.717) is 11.4 Å². The van der Waals surface area contributed by atoms with Gasteiger partial charge in [-0.25, -0.2) is 9.50 Å². The maximum atomic E-state index is 9.35. The molecular weight excluding hydrogens is 322 g/mol. The topological polar surface area (TPSA) is 109 Å². The number of nitrogen functional groups attached to an aromatic ring is 1. The van der Waals surface area contributed by atoms with Crippen LogP contribution in [0.15, 0.2) is 59.0 Å². The molecule has 4 rings (SSSR count). The van der Waals surface area contributed by atoms with Gasteiger partial charge in [-0.05, 0) is 18.2 Å². The van der Waals surface area contributed by atoms with Gasteiger partial charge in [-0.15, -0.1) is 0 Å². The summed E-state index contributed by atoms with van der Waals surface area (Å²) in [6.45, 7) is 0. The van der Waals surface area contributed by atoms with E-state index < -0.39 is 0 Å². The van der Waals surface area contributed by atoms with Crippen molar-refractivity contribution in [2.45, 2.75) is 9.92 Å². The van der Waals surface area contributed by atoms with E-state index in [4.69, 9.17) is 5.73 Å². The fourth-order valence-corrected chi connectivity index (χ4v) is 3.42. The molecule has 0 saturated carbocycles. The Bertz CT molecular complexity index is 1060. The molecule has 0 aromatic carbocycles. The summed E-state index contributed by atoms with van der Waals surface area (Å²) >= 11 is 1.44. The fourth-order valence-electron chi connectivity index (χ4n) is 2.41. The highest BCUT2D eigenvalue weighted by Gasteiger charge is 2.14. The summed E-state index contributed by atoms with van der Waals surface area (Å²) < 4.78 is 1.70. The van der Waals surface area contributed by atoms with Crippen LogP contribution in [0.3, 0.4) is 0 Å². The van der Waals surface area contributed by atoms with Gasteiger partial charge in [0.1, 0.15) is 16.9 Å². The molecule has 8 heteroatoms. The third-order valence-electron chi connectivity index (χ3n) is 3.49. The number of nitrogens with two attached hydrogens (primary N) is 1. The third kappa shape index (κ3) is 2.47. The summed E-state index contributed by atoms with van der Waals surface area (Å²) in [5.74, 6) is 0.455. The second-order valence-electron chi connectivity index (χ2n) is 5.05. The molecule has 0 aliphatic heterocycles. The quantitative estimate of drug-likeness (QED) is 0.596. The number of hydrogen-bond acceptors (Lipinski definition) is 6. The zero-order valence-electron chi connectivity index (χ0n) is 12.3. The molecule has 0 saturated heterocycles. The lowest BCUT2D eigenvalue weighted by Crippen LogP contribution is -1.93. The second kappa shape index (κ2) is 5.72. The zero-order chi connectivity index (χ0) is 16.5. The molecule has 0 unspecified atom stereocenters. The lowest BCUT2D eigenvalue weighted by Gasteiger charge is -2.07. The molecule has 0 spiro atoms. The van der Waals surface area contributed by atoms with Crippen LogP contribution in [0.5, 0.6) is 0 Å². The van der Waals surface area contributed by atoms with Crippen molar-refractivity contribution in [3.05, 3.63) is 54.6 Å². The van der Waals surface area contributed by atoms with E-state index in [-0.39, 0.29) is 0 Å². The Morgan fingerprint density at radius 3 is 2.92 bits per heavy atom. The summed E-state index contributed by atoms with van der Waals surface area (Å²) in [4.78, 5) is 5.19. The lowest BCUT2D eigenvalue weighted by molar-refractivity contribution is 0.951. The molecule has 4 heterocycles. The van der Waals surface area contributed by atoms with E-state index in [1.807, 2.05) is 30.6 Å². The molecule has 0 radical (unpaired) electrons. The molecule has 0 bridgehead atoms. The Labute approximate surface area is 141 Å². The number of rotatable bonds is 3. The van der Waals surface area contributed by atoms with Gasteiger partial charge in [0.05, 0.1) is 23.5 Å². The monoisotopic (exact) mass is 333 g/mol. The Hall–Kier alpha value is -3.31. The van der Waals surface area contributed by atoms with Crippen LogP contribution in [0.1, 0.15) is 5.56 Å². The number of H-pyrrole nitrogens is 1. The molecule has 0 aliphatic carbocycles. The highest BCUT2D eigenvalue weighted by atomic mass is 32.2. The summed E-state index contributed by atoms with van der Waals surface area (Å²) in [5, 5.41) is 21.2. The van der Waals surface area contributed by atoms with E-state index >= 15 is 0 Å². The van der Waals surface area contributed by atoms with Crippen LogP contribution in [0.25, 0.3) is 16.6 Å². The van der Waals surface area contributed by atoms with Crippen molar-refractivity contribution < 1.29 is 0 Å². The molecule has 4 aromatic heterocycles. The summed E-state index contributed by atoms with van der Waals surface area (Å²) in [5.41, 5.74) is 8.90. The smallest absolute Gasteiger partial charge is 0.124 e. The molecule has 24 heavy (non-hydrogen) atoms. The Kier molecular flexibility index (Phi) is 3.40. The number of nitrogens with zero attached hydrogens (tertiary/aromatic N) is 5. The minimum Gasteiger partial charge on any atom is -0.384 e. The van der Waals surface area contributed by atoms with Crippen LogP contribution in [0.4, 0.5) is 5.82 Å². The summed E-state index contributed by atoms with van der Waals surface area (Å²) in [7, 11) is 0. The molecule has 0 atom stereocenters. The first-order valence-corrected chi connectivity index (χ1v) is 7.87. The fraction of sp³-hybridized carbons (Fsp3) is 0. The number of fused-ring (bicyclic) bond motifs is 1. The first-order valence-electron chi connectivity index (χ1n) is 7.05. The average Bonchev–Trinajstić information content (AvgIpc) is 3.24. The predicted molar refractivity (Wildman–Crippen MR) is 90.3 cm³/mol. The van der Waals surface area contributed by atoms with Crippen LogP contribution >= 0.6 is 11.8 Å². The molecule has 4 aromatic rings. The van der Waals surface area contributed by atoms with Crippen molar-refractivity contribution in [3.63, 3.8) is 0 Å². The number of aromatic nitrogens is 5. The number of nitrogens with one attached hydrogen (secondary N) is 1. The maximum absolute atomic E-state index is 9.35. The second-order valence-corrected chi connectivity index (χ2v) is 6.11. The van der Waals surface area contributed by atoms with Crippen molar-refractivity contribution in [3.8, 4) is 17.2 Å². The van der Waals surface area contributed by atoms with E-state index in [1.54, 1.807) is 23.0 Å². The Balaban J connectivity index is 1.90. The standard InChI is InChI=1S/C16H11N7S/c17-5-11-8-21-23-9-10(12-6-19-20-7-12)4-13(16(11)23)24-15-3-1-2-14(18)22-15/h1-4,6-9H,(H2,18,22)(H,19,20). The van der Waals surface area contributed by atoms with Crippen LogP contribution in [-0.4, -0.2) is 24.8 Å². The Morgan fingerprint density at radius 1 is 1.25 bits per heavy atom. The predicted octanol–water partition coefficient (Wildman–Crippen LogP) is 2.72. The minimum atomic E-state index is 0.455. The minimum absolute atomic E-state index is 0.455. The van der Waals surface area contributed by atoms with Gasteiger partial charge in [-0.1, -0.05) is 17.8 Å². The number of hydrogen-bond donors (Lipinski definition) is 2. The molecule has 7 nitrogen and oxygen atoms in total. The van der Waals surface area contributed by atoms with Crippen molar-refractivity contribution in [2.24, 2.45) is 0 Å². The van der Waals surface area contributed by atoms with Gasteiger partial charge in [0.15, 0.2) is 0 Å². The van der Waals surface area contributed by atoms with Gasteiger partial charge >= 0.3 is 0 Å².